The first kappa shape index (κ1) is 4.92. The molecule has 1 saturated heterocycles. The van der Waals surface area contributed by atoms with Crippen molar-refractivity contribution in [3.63, 3.8) is 0 Å². The summed E-state index contributed by atoms with van der Waals surface area (Å²) in [5.74, 6) is 0. The Labute approximate surface area is 31.4 Å². The molecular formula is C3H8O2. The van der Waals surface area contributed by atoms with Gasteiger partial charge in [0.25, 0.3) is 0 Å². The lowest BCUT2D eigenvalue weighted by molar-refractivity contribution is 0.156. The molecule has 1 rings (SSSR count). The molecule has 5 heavy (non-hydrogen) atoms. The topological polar surface area (TPSA) is 32.8 Å². The fraction of sp³-hybridized carbons (Fsp3) is 1.00. The zero-order valence-electron chi connectivity index (χ0n) is 2.14. The van der Waals surface area contributed by atoms with E-state index in [-0.39, 0.29) is 7.43 Å². The molecule has 1 heterocycles. The van der Waals surface area contributed by atoms with E-state index < -0.39 is 6.29 Å². The first-order chi connectivity index (χ1) is 1.89. The van der Waals surface area contributed by atoms with E-state index in [4.69, 9.17) is 5.11 Å². The van der Waals surface area contributed by atoms with Gasteiger partial charge in [-0.1, -0.05) is 7.43 Å². The Kier molecular flexibility index (Phi) is 1.36. The Morgan fingerprint density at radius 1 is 1.80 bits per heavy atom. The van der Waals surface area contributed by atoms with Crippen molar-refractivity contribution >= 4 is 0 Å². The molecule has 1 aliphatic rings. The second-order valence-electron chi connectivity index (χ2n) is 0.788. The van der Waals surface area contributed by atoms with Gasteiger partial charge >= 0.3 is 0 Å². The van der Waals surface area contributed by atoms with Gasteiger partial charge in [-0.25, -0.2) is 0 Å². The summed E-state index contributed by atoms with van der Waals surface area (Å²) in [7, 11) is 0. The highest BCUT2D eigenvalue weighted by Crippen LogP contribution is 2.00. The summed E-state index contributed by atoms with van der Waals surface area (Å²) in [5, 5.41) is 7.94. The molecule has 0 aliphatic carbocycles. The Morgan fingerprint density at radius 3 is 2.00 bits per heavy atom. The highest BCUT2D eigenvalue weighted by molar-refractivity contribution is 4.48. The third-order valence-electron chi connectivity index (χ3n) is 0.316. The molecule has 1 atom stereocenters. The summed E-state index contributed by atoms with van der Waals surface area (Å²) in [4.78, 5) is 0. The molecule has 0 aromatic carbocycles. The number of hydrogen-bond acceptors (Lipinski definition) is 2. The van der Waals surface area contributed by atoms with Gasteiger partial charge in [-0.2, -0.15) is 0 Å². The van der Waals surface area contributed by atoms with E-state index in [0.29, 0.717) is 6.61 Å². The second kappa shape index (κ2) is 1.38. The van der Waals surface area contributed by atoms with Crippen LogP contribution < -0.4 is 0 Å². The Morgan fingerprint density at radius 2 is 2.00 bits per heavy atom. The zero-order chi connectivity index (χ0) is 2.99. The Balaban J connectivity index is 0.000000160. The predicted octanol–water partition coefficient (Wildman–Crippen LogP) is -0.0289. The lowest BCUT2D eigenvalue weighted by atomic mass is 10.9. The molecule has 0 spiro atoms. The molecule has 0 aromatic rings. The lowest BCUT2D eigenvalue weighted by Crippen LogP contribution is -1.70. The summed E-state index contributed by atoms with van der Waals surface area (Å²) in [6.07, 6.45) is -0.417. The minimum absolute atomic E-state index is 0. The maximum absolute atomic E-state index is 7.94. The average Bonchev–Trinajstić information content (AvgIpc) is 1.75. The lowest BCUT2D eigenvalue weighted by Gasteiger charge is -1.54. The van der Waals surface area contributed by atoms with E-state index >= 15 is 0 Å². The number of rotatable bonds is 0. The molecule has 0 bridgehead atoms. The molecule has 1 aliphatic heterocycles. The van der Waals surface area contributed by atoms with Gasteiger partial charge in [-0.15, -0.1) is 0 Å². The maximum Gasteiger partial charge on any atom is 0.178 e. The van der Waals surface area contributed by atoms with E-state index in [2.05, 4.69) is 4.74 Å². The van der Waals surface area contributed by atoms with Crippen LogP contribution in [0.1, 0.15) is 7.43 Å². The van der Waals surface area contributed by atoms with Gasteiger partial charge in [-0.05, 0) is 0 Å². The van der Waals surface area contributed by atoms with Crippen LogP contribution in [-0.4, -0.2) is 18.0 Å². The van der Waals surface area contributed by atoms with Crippen molar-refractivity contribution in [1.29, 1.82) is 0 Å². The molecule has 32 valence electrons. The van der Waals surface area contributed by atoms with Crippen molar-refractivity contribution in [2.24, 2.45) is 0 Å². The van der Waals surface area contributed by atoms with E-state index in [1.165, 1.54) is 0 Å². The van der Waals surface area contributed by atoms with Crippen molar-refractivity contribution in [1.82, 2.24) is 0 Å². The van der Waals surface area contributed by atoms with Crippen molar-refractivity contribution in [3.8, 4) is 0 Å². The van der Waals surface area contributed by atoms with Crippen LogP contribution in [-0.2, 0) is 4.74 Å². The largest absolute Gasteiger partial charge is 0.366 e. The van der Waals surface area contributed by atoms with Gasteiger partial charge in [0.2, 0.25) is 0 Å². The minimum atomic E-state index is -0.417. The van der Waals surface area contributed by atoms with Crippen LogP contribution in [0.5, 0.6) is 0 Å². The van der Waals surface area contributed by atoms with Crippen LogP contribution in [0.3, 0.4) is 0 Å². The monoisotopic (exact) mass is 76.1 g/mol. The minimum Gasteiger partial charge on any atom is -0.366 e. The summed E-state index contributed by atoms with van der Waals surface area (Å²) in [6.45, 7) is 0.542. The first-order valence-electron chi connectivity index (χ1n) is 1.19. The van der Waals surface area contributed by atoms with Crippen molar-refractivity contribution in [2.75, 3.05) is 6.61 Å². The zero-order valence-corrected chi connectivity index (χ0v) is 2.14. The van der Waals surface area contributed by atoms with Crippen LogP contribution in [0.15, 0.2) is 0 Å². The number of hydrogen-bond donors (Lipinski definition) is 1. The molecular weight excluding hydrogens is 68.0 g/mol. The van der Waals surface area contributed by atoms with Gasteiger partial charge in [0.15, 0.2) is 6.29 Å². The SMILES string of the molecule is C.OC1CO1. The van der Waals surface area contributed by atoms with E-state index in [9.17, 15) is 0 Å². The maximum atomic E-state index is 7.94. The van der Waals surface area contributed by atoms with E-state index in [1.807, 2.05) is 0 Å². The van der Waals surface area contributed by atoms with Crippen LogP contribution in [0.4, 0.5) is 0 Å². The predicted molar refractivity (Wildman–Crippen MR) is 18.7 cm³/mol. The summed E-state index contributed by atoms with van der Waals surface area (Å²) < 4.78 is 4.26. The quantitative estimate of drug-likeness (QED) is 0.411. The summed E-state index contributed by atoms with van der Waals surface area (Å²) in [6, 6.07) is 0. The average molecular weight is 76.1 g/mol. The second-order valence-corrected chi connectivity index (χ2v) is 0.788. The van der Waals surface area contributed by atoms with Gasteiger partial charge in [0.1, 0.15) is 6.61 Å². The molecule has 1 unspecified atom stereocenters. The van der Waals surface area contributed by atoms with Crippen LogP contribution in [0.25, 0.3) is 0 Å². The Hall–Kier alpha value is -0.0800. The van der Waals surface area contributed by atoms with Crippen molar-refractivity contribution in [2.45, 2.75) is 13.7 Å². The van der Waals surface area contributed by atoms with Crippen molar-refractivity contribution < 1.29 is 9.84 Å². The third kappa shape index (κ3) is 1.69. The normalized spacial score (nSPS) is 31.8. The molecule has 0 aromatic heterocycles. The van der Waals surface area contributed by atoms with Crippen LogP contribution >= 0.6 is 0 Å². The number of ether oxygens (including phenoxy) is 1. The molecule has 0 radical (unpaired) electrons. The summed E-state index contributed by atoms with van der Waals surface area (Å²) in [5.41, 5.74) is 0. The third-order valence-corrected chi connectivity index (χ3v) is 0.316. The first-order valence-corrected chi connectivity index (χ1v) is 1.19. The number of aliphatic hydroxyl groups is 1. The Bertz CT molecular complexity index is 24.1. The van der Waals surface area contributed by atoms with Gasteiger partial charge < -0.3 is 9.84 Å². The molecule has 0 amide bonds. The number of aliphatic hydroxyl groups excluding tert-OH is 1. The van der Waals surface area contributed by atoms with E-state index in [1.54, 1.807) is 0 Å². The molecule has 2 nitrogen and oxygen atoms in total. The molecule has 2 heteroatoms. The fourth-order valence-corrected chi connectivity index (χ4v) is 0.0430. The van der Waals surface area contributed by atoms with E-state index in [0.717, 1.165) is 0 Å². The number of epoxide rings is 1. The standard InChI is InChI=1S/C2H4O2.CH4/c3-2-1-4-2;/h2-3H,1H2;1H4. The molecule has 1 N–H and O–H groups in total. The fourth-order valence-electron chi connectivity index (χ4n) is 0.0430. The highest BCUT2D eigenvalue weighted by atomic mass is 16.7. The highest BCUT2D eigenvalue weighted by Gasteiger charge is 2.16. The molecule has 1 fully saturated rings. The smallest absolute Gasteiger partial charge is 0.178 e. The van der Waals surface area contributed by atoms with Crippen LogP contribution in [0.2, 0.25) is 0 Å². The molecule has 0 saturated carbocycles. The van der Waals surface area contributed by atoms with Crippen LogP contribution in [0, 0.1) is 0 Å². The van der Waals surface area contributed by atoms with Gasteiger partial charge in [-0.3, -0.25) is 0 Å². The summed E-state index contributed by atoms with van der Waals surface area (Å²) >= 11 is 0. The van der Waals surface area contributed by atoms with Gasteiger partial charge in [0, 0.05) is 0 Å². The van der Waals surface area contributed by atoms with Crippen molar-refractivity contribution in [3.05, 3.63) is 0 Å². The van der Waals surface area contributed by atoms with Gasteiger partial charge in [0.05, 0.1) is 0 Å².